The summed E-state index contributed by atoms with van der Waals surface area (Å²) in [6, 6.07) is 5.72. The van der Waals surface area contributed by atoms with E-state index in [-0.39, 0.29) is 5.75 Å². The molecule has 1 aromatic carbocycles. The van der Waals surface area contributed by atoms with Crippen LogP contribution in [0, 0.1) is 6.92 Å². The molecule has 0 bridgehead atoms. The van der Waals surface area contributed by atoms with Crippen molar-refractivity contribution >= 4 is 15.7 Å². The van der Waals surface area contributed by atoms with E-state index < -0.39 is 10.0 Å². The van der Waals surface area contributed by atoms with Crippen molar-refractivity contribution in [3.05, 3.63) is 23.8 Å². The van der Waals surface area contributed by atoms with E-state index in [1.54, 1.807) is 19.2 Å². The van der Waals surface area contributed by atoms with Crippen LogP contribution in [0.2, 0.25) is 0 Å². The molecule has 0 aliphatic carbocycles. The van der Waals surface area contributed by atoms with Gasteiger partial charge in [-0.3, -0.25) is 4.72 Å². The predicted molar refractivity (Wildman–Crippen MR) is 87.5 cm³/mol. The molecule has 0 aliphatic rings. The van der Waals surface area contributed by atoms with Crippen LogP contribution < -0.4 is 14.8 Å². The standard InChI is InChI=1S/C15H26N2O3S/c1-12(2)16-9-5-6-10-21(18,19)17-15-8-7-14(20-4)11-13(15)3/h7-8,11-12,16-17H,5-6,9-10H2,1-4H3. The summed E-state index contributed by atoms with van der Waals surface area (Å²) in [5.74, 6) is 0.855. The van der Waals surface area contributed by atoms with Crippen LogP contribution in [0.3, 0.4) is 0 Å². The molecule has 1 aromatic rings. The van der Waals surface area contributed by atoms with E-state index in [2.05, 4.69) is 23.9 Å². The molecular weight excluding hydrogens is 288 g/mol. The van der Waals surface area contributed by atoms with Gasteiger partial charge in [-0.05, 0) is 50.1 Å². The molecule has 0 spiro atoms. The van der Waals surface area contributed by atoms with Crippen LogP contribution in [-0.2, 0) is 10.0 Å². The number of rotatable bonds is 9. The molecule has 0 amide bonds. The van der Waals surface area contributed by atoms with Crippen LogP contribution in [0.4, 0.5) is 5.69 Å². The van der Waals surface area contributed by atoms with Gasteiger partial charge in [0.15, 0.2) is 0 Å². The van der Waals surface area contributed by atoms with Gasteiger partial charge < -0.3 is 10.1 Å². The average molecular weight is 314 g/mol. The highest BCUT2D eigenvalue weighted by atomic mass is 32.2. The maximum Gasteiger partial charge on any atom is 0.232 e. The lowest BCUT2D eigenvalue weighted by Crippen LogP contribution is -2.24. The quantitative estimate of drug-likeness (QED) is 0.687. The number of hydrogen-bond acceptors (Lipinski definition) is 4. The predicted octanol–water partition coefficient (Wildman–Crippen LogP) is 2.52. The SMILES string of the molecule is COc1ccc(NS(=O)(=O)CCCCNC(C)C)c(C)c1. The zero-order valence-corrected chi connectivity index (χ0v) is 14.1. The van der Waals surface area contributed by atoms with Crippen LogP contribution in [0.15, 0.2) is 18.2 Å². The Bertz CT molecular complexity index is 542. The summed E-state index contributed by atoms with van der Waals surface area (Å²) in [5, 5.41) is 3.27. The van der Waals surface area contributed by atoms with Gasteiger partial charge in [0.05, 0.1) is 18.6 Å². The summed E-state index contributed by atoms with van der Waals surface area (Å²) >= 11 is 0. The van der Waals surface area contributed by atoms with Crippen molar-refractivity contribution in [2.45, 2.75) is 39.7 Å². The minimum atomic E-state index is -3.30. The third-order valence-electron chi connectivity index (χ3n) is 3.09. The second-order valence-electron chi connectivity index (χ2n) is 5.42. The molecule has 0 atom stereocenters. The normalized spacial score (nSPS) is 11.7. The van der Waals surface area contributed by atoms with Crippen molar-refractivity contribution in [1.29, 1.82) is 0 Å². The first-order chi connectivity index (χ1) is 9.84. The molecule has 5 nitrogen and oxygen atoms in total. The zero-order valence-electron chi connectivity index (χ0n) is 13.3. The summed E-state index contributed by atoms with van der Waals surface area (Å²) in [6.45, 7) is 6.84. The Morgan fingerprint density at radius 2 is 1.95 bits per heavy atom. The van der Waals surface area contributed by atoms with E-state index in [0.29, 0.717) is 18.2 Å². The zero-order chi connectivity index (χ0) is 15.9. The molecule has 0 fully saturated rings. The van der Waals surface area contributed by atoms with E-state index in [1.165, 1.54) is 0 Å². The van der Waals surface area contributed by atoms with Gasteiger partial charge in [0.2, 0.25) is 10.0 Å². The highest BCUT2D eigenvalue weighted by Gasteiger charge is 2.12. The topological polar surface area (TPSA) is 67.4 Å². The fourth-order valence-electron chi connectivity index (χ4n) is 1.90. The molecule has 0 aliphatic heterocycles. The highest BCUT2D eigenvalue weighted by Crippen LogP contribution is 2.22. The van der Waals surface area contributed by atoms with Gasteiger partial charge in [-0.25, -0.2) is 8.42 Å². The molecule has 0 saturated heterocycles. The van der Waals surface area contributed by atoms with Crippen molar-refractivity contribution in [2.24, 2.45) is 0 Å². The summed E-state index contributed by atoms with van der Waals surface area (Å²) in [6.07, 6.45) is 1.49. The Labute approximate surface area is 128 Å². The second-order valence-corrected chi connectivity index (χ2v) is 7.26. The first-order valence-electron chi connectivity index (χ1n) is 7.22. The molecule has 0 unspecified atom stereocenters. The lowest BCUT2D eigenvalue weighted by Gasteiger charge is -2.12. The number of ether oxygens (including phenoxy) is 1. The van der Waals surface area contributed by atoms with E-state index in [1.807, 2.05) is 13.0 Å². The Kier molecular flexibility index (Phi) is 6.98. The molecule has 1 rings (SSSR count). The molecule has 0 radical (unpaired) electrons. The summed E-state index contributed by atoms with van der Waals surface area (Å²) in [5.41, 5.74) is 1.45. The van der Waals surface area contributed by atoms with Gasteiger partial charge in [0, 0.05) is 6.04 Å². The molecule has 120 valence electrons. The van der Waals surface area contributed by atoms with Gasteiger partial charge in [0.1, 0.15) is 5.75 Å². The maximum absolute atomic E-state index is 12.0. The van der Waals surface area contributed by atoms with Crippen LogP contribution in [0.5, 0.6) is 5.75 Å². The number of benzene rings is 1. The lowest BCUT2D eigenvalue weighted by atomic mass is 10.2. The molecule has 0 aromatic heterocycles. The molecular formula is C15H26N2O3S. The number of methoxy groups -OCH3 is 1. The maximum atomic E-state index is 12.0. The third-order valence-corrected chi connectivity index (χ3v) is 4.45. The van der Waals surface area contributed by atoms with Crippen LogP contribution in [0.25, 0.3) is 0 Å². The van der Waals surface area contributed by atoms with Crippen LogP contribution in [0.1, 0.15) is 32.3 Å². The van der Waals surface area contributed by atoms with E-state index in [4.69, 9.17) is 4.74 Å². The van der Waals surface area contributed by atoms with Gasteiger partial charge in [-0.1, -0.05) is 13.8 Å². The van der Waals surface area contributed by atoms with Crippen LogP contribution in [-0.4, -0.2) is 33.9 Å². The Morgan fingerprint density at radius 1 is 1.24 bits per heavy atom. The minimum absolute atomic E-state index is 0.137. The van der Waals surface area contributed by atoms with Crippen molar-refractivity contribution in [3.8, 4) is 5.75 Å². The van der Waals surface area contributed by atoms with Crippen molar-refractivity contribution in [2.75, 3.05) is 24.1 Å². The third kappa shape index (κ3) is 6.82. The smallest absolute Gasteiger partial charge is 0.232 e. The Morgan fingerprint density at radius 3 is 2.52 bits per heavy atom. The lowest BCUT2D eigenvalue weighted by molar-refractivity contribution is 0.414. The van der Waals surface area contributed by atoms with E-state index >= 15 is 0 Å². The number of aryl methyl sites for hydroxylation is 1. The molecule has 2 N–H and O–H groups in total. The van der Waals surface area contributed by atoms with Crippen molar-refractivity contribution < 1.29 is 13.2 Å². The summed E-state index contributed by atoms with van der Waals surface area (Å²) < 4.78 is 31.8. The van der Waals surface area contributed by atoms with Gasteiger partial charge in [-0.15, -0.1) is 0 Å². The monoisotopic (exact) mass is 314 g/mol. The van der Waals surface area contributed by atoms with Gasteiger partial charge >= 0.3 is 0 Å². The summed E-state index contributed by atoms with van der Waals surface area (Å²) in [7, 11) is -1.71. The largest absolute Gasteiger partial charge is 0.497 e. The first kappa shape index (κ1) is 17.8. The van der Waals surface area contributed by atoms with Crippen molar-refractivity contribution in [3.63, 3.8) is 0 Å². The fraction of sp³-hybridized carbons (Fsp3) is 0.600. The Hall–Kier alpha value is -1.27. The second kappa shape index (κ2) is 8.24. The van der Waals surface area contributed by atoms with Crippen LogP contribution >= 0.6 is 0 Å². The highest BCUT2D eigenvalue weighted by molar-refractivity contribution is 7.92. The number of unbranched alkanes of at least 4 members (excludes halogenated alkanes) is 1. The molecule has 0 heterocycles. The fourth-order valence-corrected chi connectivity index (χ4v) is 3.15. The first-order valence-corrected chi connectivity index (χ1v) is 8.88. The summed E-state index contributed by atoms with van der Waals surface area (Å²) in [4.78, 5) is 0. The molecule has 6 heteroatoms. The average Bonchev–Trinajstić information content (AvgIpc) is 2.40. The molecule has 21 heavy (non-hydrogen) atoms. The minimum Gasteiger partial charge on any atom is -0.497 e. The molecule has 0 saturated carbocycles. The number of anilines is 1. The van der Waals surface area contributed by atoms with E-state index in [0.717, 1.165) is 24.3 Å². The number of sulfonamides is 1. The van der Waals surface area contributed by atoms with Gasteiger partial charge in [0.25, 0.3) is 0 Å². The Balaban J connectivity index is 2.49. The van der Waals surface area contributed by atoms with E-state index in [9.17, 15) is 8.42 Å². The number of nitrogens with one attached hydrogen (secondary N) is 2. The number of hydrogen-bond donors (Lipinski definition) is 2. The van der Waals surface area contributed by atoms with Gasteiger partial charge in [-0.2, -0.15) is 0 Å². The van der Waals surface area contributed by atoms with Crippen molar-refractivity contribution in [1.82, 2.24) is 5.32 Å².